The van der Waals surface area contributed by atoms with E-state index in [4.69, 9.17) is 0 Å². The predicted octanol–water partition coefficient (Wildman–Crippen LogP) is 2.48. The van der Waals surface area contributed by atoms with Crippen molar-refractivity contribution in [2.45, 2.75) is 23.5 Å². The van der Waals surface area contributed by atoms with Gasteiger partial charge in [0.25, 0.3) is 5.91 Å². The van der Waals surface area contributed by atoms with Crippen molar-refractivity contribution in [1.29, 1.82) is 0 Å². The van der Waals surface area contributed by atoms with Gasteiger partial charge in [-0.15, -0.1) is 0 Å². The van der Waals surface area contributed by atoms with Crippen LogP contribution in [0.1, 0.15) is 12.0 Å². The molecule has 12 heteroatoms. The lowest BCUT2D eigenvalue weighted by Crippen LogP contribution is -2.53. The van der Waals surface area contributed by atoms with Crippen LogP contribution >= 0.6 is 0 Å². The van der Waals surface area contributed by atoms with Gasteiger partial charge in [0.05, 0.1) is 28.6 Å². The number of carbonyl (C=O) groups is 2. The maximum Gasteiger partial charge on any atom is 0.416 e. The second-order valence-corrected chi connectivity index (χ2v) is 9.67. The molecule has 0 bridgehead atoms. The molecule has 0 radical (unpaired) electrons. The van der Waals surface area contributed by atoms with E-state index < -0.39 is 50.3 Å². The van der Waals surface area contributed by atoms with Gasteiger partial charge in [-0.3, -0.25) is 14.5 Å². The van der Waals surface area contributed by atoms with Crippen molar-refractivity contribution in [3.05, 3.63) is 59.9 Å². The van der Waals surface area contributed by atoms with Crippen molar-refractivity contribution in [1.82, 2.24) is 9.21 Å². The monoisotopic (exact) mass is 485 g/mol. The Labute approximate surface area is 187 Å². The molecule has 2 aliphatic rings. The third kappa shape index (κ3) is 4.50. The van der Waals surface area contributed by atoms with Crippen molar-refractivity contribution < 1.29 is 35.6 Å². The number of benzene rings is 2. The second-order valence-electron chi connectivity index (χ2n) is 7.73. The van der Waals surface area contributed by atoms with E-state index >= 15 is 0 Å². The topological polar surface area (TPSA) is 78.0 Å². The van der Waals surface area contributed by atoms with Gasteiger partial charge in [0, 0.05) is 26.2 Å². The first-order chi connectivity index (χ1) is 15.5. The highest BCUT2D eigenvalue weighted by Crippen LogP contribution is 2.32. The van der Waals surface area contributed by atoms with Gasteiger partial charge in [0.15, 0.2) is 0 Å². The standard InChI is InChI=1S/C21H19F4N3O4S/c22-15-4-6-16(7-5-15)28-19(29)13-18(20(28)30)26-8-10-27(11-9-26)33(31,32)17-3-1-2-14(12-17)21(23,24)25/h1-7,12,18H,8-11,13H2/t18-/m0/s1. The summed E-state index contributed by atoms with van der Waals surface area (Å²) in [5.74, 6) is -1.44. The van der Waals surface area contributed by atoms with Gasteiger partial charge in [-0.2, -0.15) is 17.5 Å². The number of alkyl halides is 3. The van der Waals surface area contributed by atoms with Gasteiger partial charge < -0.3 is 0 Å². The molecule has 0 aliphatic carbocycles. The van der Waals surface area contributed by atoms with E-state index in [0.717, 1.165) is 39.5 Å². The molecule has 176 valence electrons. The molecule has 33 heavy (non-hydrogen) atoms. The van der Waals surface area contributed by atoms with E-state index in [0.29, 0.717) is 6.07 Å². The smallest absolute Gasteiger partial charge is 0.289 e. The Hall–Kier alpha value is -2.83. The Bertz CT molecular complexity index is 1180. The number of hydrogen-bond acceptors (Lipinski definition) is 5. The lowest BCUT2D eigenvalue weighted by molar-refractivity contribution is -0.137. The minimum Gasteiger partial charge on any atom is -0.289 e. The van der Waals surface area contributed by atoms with Crippen LogP contribution in [-0.2, 0) is 25.8 Å². The summed E-state index contributed by atoms with van der Waals surface area (Å²) >= 11 is 0. The second kappa shape index (κ2) is 8.50. The third-order valence-electron chi connectivity index (χ3n) is 5.72. The van der Waals surface area contributed by atoms with Crippen molar-refractivity contribution in [3.8, 4) is 0 Å². The predicted molar refractivity (Wildman–Crippen MR) is 109 cm³/mol. The number of carbonyl (C=O) groups excluding carboxylic acids is 2. The zero-order valence-corrected chi connectivity index (χ0v) is 17.9. The van der Waals surface area contributed by atoms with Crippen molar-refractivity contribution in [2.75, 3.05) is 31.1 Å². The lowest BCUT2D eigenvalue weighted by atomic mass is 10.2. The molecule has 7 nitrogen and oxygen atoms in total. The normalized spacial score (nSPS) is 21.1. The first kappa shape index (κ1) is 23.3. The third-order valence-corrected chi connectivity index (χ3v) is 7.62. The van der Waals surface area contributed by atoms with Crippen LogP contribution in [0.2, 0.25) is 0 Å². The van der Waals surface area contributed by atoms with Crippen LogP contribution in [0.5, 0.6) is 0 Å². The van der Waals surface area contributed by atoms with E-state index in [2.05, 4.69) is 0 Å². The van der Waals surface area contributed by atoms with Gasteiger partial charge in [0.1, 0.15) is 5.82 Å². The molecule has 0 unspecified atom stereocenters. The van der Waals surface area contributed by atoms with Crippen LogP contribution < -0.4 is 4.90 Å². The lowest BCUT2D eigenvalue weighted by Gasteiger charge is -2.36. The van der Waals surface area contributed by atoms with E-state index in [9.17, 15) is 35.6 Å². The van der Waals surface area contributed by atoms with Gasteiger partial charge in [-0.25, -0.2) is 17.7 Å². The van der Waals surface area contributed by atoms with E-state index in [1.807, 2.05) is 0 Å². The summed E-state index contributed by atoms with van der Waals surface area (Å²) in [6.45, 7) is 0.151. The number of nitrogens with zero attached hydrogens (tertiary/aromatic N) is 3. The molecule has 1 atom stereocenters. The minimum atomic E-state index is -4.67. The average Bonchev–Trinajstić information content (AvgIpc) is 3.08. The minimum absolute atomic E-state index is 0.0485. The fraction of sp³-hybridized carbons (Fsp3) is 0.333. The summed E-state index contributed by atoms with van der Waals surface area (Å²) in [7, 11) is -4.17. The Morgan fingerprint density at radius 3 is 2.15 bits per heavy atom. The van der Waals surface area contributed by atoms with Crippen molar-refractivity contribution in [2.24, 2.45) is 0 Å². The van der Waals surface area contributed by atoms with Crippen molar-refractivity contribution in [3.63, 3.8) is 0 Å². The fourth-order valence-electron chi connectivity index (χ4n) is 4.00. The highest BCUT2D eigenvalue weighted by atomic mass is 32.2. The average molecular weight is 485 g/mol. The Morgan fingerprint density at radius 2 is 1.55 bits per heavy atom. The van der Waals surface area contributed by atoms with E-state index in [1.165, 1.54) is 12.1 Å². The summed E-state index contributed by atoms with van der Waals surface area (Å²) < 4.78 is 78.8. The zero-order chi connectivity index (χ0) is 24.0. The highest BCUT2D eigenvalue weighted by Gasteiger charge is 2.44. The molecule has 2 fully saturated rings. The molecule has 2 saturated heterocycles. The number of rotatable bonds is 4. The summed E-state index contributed by atoms with van der Waals surface area (Å²) in [4.78, 5) is 27.5. The molecule has 0 saturated carbocycles. The summed E-state index contributed by atoms with van der Waals surface area (Å²) in [6, 6.07) is 7.69. The van der Waals surface area contributed by atoms with Gasteiger partial charge >= 0.3 is 6.18 Å². The Morgan fingerprint density at radius 1 is 0.909 bits per heavy atom. The summed E-state index contributed by atoms with van der Waals surface area (Å²) in [5, 5.41) is 0. The molecular weight excluding hydrogens is 466 g/mol. The Balaban J connectivity index is 1.45. The number of sulfonamides is 1. The highest BCUT2D eigenvalue weighted by molar-refractivity contribution is 7.89. The molecule has 4 rings (SSSR count). The molecule has 2 aliphatic heterocycles. The fourth-order valence-corrected chi connectivity index (χ4v) is 5.47. The molecule has 2 amide bonds. The van der Waals surface area contributed by atoms with Crippen LogP contribution in [0.3, 0.4) is 0 Å². The van der Waals surface area contributed by atoms with Crippen LogP contribution in [-0.4, -0.2) is 61.7 Å². The number of imide groups is 1. The van der Waals surface area contributed by atoms with Gasteiger partial charge in [-0.05, 0) is 42.5 Å². The quantitative estimate of drug-likeness (QED) is 0.491. The Kier molecular flexibility index (Phi) is 6.01. The molecule has 2 heterocycles. The molecule has 2 aromatic rings. The van der Waals surface area contributed by atoms with E-state index in [1.54, 1.807) is 4.90 Å². The number of hydrogen-bond donors (Lipinski definition) is 0. The summed E-state index contributed by atoms with van der Waals surface area (Å²) in [6.07, 6.45) is -4.77. The number of amides is 2. The molecule has 0 N–H and O–H groups in total. The maximum atomic E-state index is 13.2. The zero-order valence-electron chi connectivity index (χ0n) is 17.1. The van der Waals surface area contributed by atoms with Crippen LogP contribution in [0.25, 0.3) is 0 Å². The number of piperazine rings is 1. The van der Waals surface area contributed by atoms with Crippen LogP contribution in [0.4, 0.5) is 23.2 Å². The van der Waals surface area contributed by atoms with E-state index in [-0.39, 0.29) is 38.3 Å². The largest absolute Gasteiger partial charge is 0.416 e. The first-order valence-corrected chi connectivity index (χ1v) is 11.5. The first-order valence-electron chi connectivity index (χ1n) is 10.0. The van der Waals surface area contributed by atoms with Gasteiger partial charge in [-0.1, -0.05) is 6.07 Å². The molecule has 0 spiro atoms. The van der Waals surface area contributed by atoms with Crippen LogP contribution in [0.15, 0.2) is 53.4 Å². The number of anilines is 1. The molecule has 2 aromatic carbocycles. The number of halogens is 4. The molecular formula is C21H19F4N3O4S. The summed E-state index contributed by atoms with van der Waals surface area (Å²) in [5.41, 5.74) is -0.808. The maximum absolute atomic E-state index is 13.2. The SMILES string of the molecule is O=C1C[C@H](N2CCN(S(=O)(=O)c3cccc(C(F)(F)F)c3)CC2)C(=O)N1c1ccc(F)cc1. The van der Waals surface area contributed by atoms with Crippen molar-refractivity contribution >= 4 is 27.5 Å². The van der Waals surface area contributed by atoms with Gasteiger partial charge in [0.2, 0.25) is 15.9 Å². The van der Waals surface area contributed by atoms with Crippen LogP contribution in [0, 0.1) is 5.82 Å². The molecule has 0 aromatic heterocycles.